The first-order valence-electron chi connectivity index (χ1n) is 3.18. The summed E-state index contributed by atoms with van der Waals surface area (Å²) in [6.07, 6.45) is -6.64. The van der Waals surface area contributed by atoms with E-state index in [0.29, 0.717) is 0 Å². The largest absolute Gasteiger partial charge is 0.549 e. The fraction of sp³-hybridized carbons (Fsp3) is 0.800. The standard InChI is InChI=1S/C5H5F3O5/c6-5(7,8)13-11-2-3-1-10-4(9)12-3/h3H,1-2H2. The highest BCUT2D eigenvalue weighted by molar-refractivity contribution is 5.61. The number of alkyl halides is 3. The van der Waals surface area contributed by atoms with Gasteiger partial charge < -0.3 is 9.47 Å². The fourth-order valence-corrected chi connectivity index (χ4v) is 0.624. The van der Waals surface area contributed by atoms with E-state index in [1.54, 1.807) is 0 Å². The molecule has 1 heterocycles. The molecule has 0 saturated carbocycles. The molecule has 13 heavy (non-hydrogen) atoms. The summed E-state index contributed by atoms with van der Waals surface area (Å²) in [5.74, 6) is 0. The topological polar surface area (TPSA) is 54.0 Å². The van der Waals surface area contributed by atoms with Gasteiger partial charge in [-0.25, -0.2) is 9.68 Å². The molecule has 8 heteroatoms. The maximum absolute atomic E-state index is 11.3. The van der Waals surface area contributed by atoms with E-state index in [9.17, 15) is 18.0 Å². The number of halogens is 3. The van der Waals surface area contributed by atoms with E-state index in [1.807, 2.05) is 0 Å². The molecule has 1 rings (SSSR count). The number of rotatable bonds is 3. The lowest BCUT2D eigenvalue weighted by atomic mass is 10.4. The lowest BCUT2D eigenvalue weighted by molar-refractivity contribution is -0.486. The number of carbonyl (C=O) groups excluding carboxylic acids is 1. The van der Waals surface area contributed by atoms with Crippen LogP contribution in [0.1, 0.15) is 0 Å². The highest BCUT2D eigenvalue weighted by Crippen LogP contribution is 2.17. The second-order valence-corrected chi connectivity index (χ2v) is 2.11. The first kappa shape index (κ1) is 10.1. The molecular weight excluding hydrogens is 197 g/mol. The summed E-state index contributed by atoms with van der Waals surface area (Å²) in [4.78, 5) is 17.0. The Hall–Kier alpha value is -1.02. The summed E-state index contributed by atoms with van der Waals surface area (Å²) in [6.45, 7) is -0.661. The Balaban J connectivity index is 2.10. The quantitative estimate of drug-likeness (QED) is 0.388. The Bertz CT molecular complexity index is 191. The molecule has 1 aliphatic rings. The van der Waals surface area contributed by atoms with Crippen molar-refractivity contribution in [3.63, 3.8) is 0 Å². The number of cyclic esters (lactones) is 2. The first-order chi connectivity index (χ1) is 5.97. The molecule has 0 aromatic carbocycles. The van der Waals surface area contributed by atoms with E-state index < -0.39 is 25.2 Å². The molecule has 0 aromatic heterocycles. The average molecular weight is 202 g/mol. The van der Waals surface area contributed by atoms with E-state index in [1.165, 1.54) is 0 Å². The summed E-state index contributed by atoms with van der Waals surface area (Å²) >= 11 is 0. The van der Waals surface area contributed by atoms with Gasteiger partial charge in [0, 0.05) is 0 Å². The minimum absolute atomic E-state index is 0.139. The molecule has 1 unspecified atom stereocenters. The van der Waals surface area contributed by atoms with Crippen LogP contribution >= 0.6 is 0 Å². The lowest BCUT2D eigenvalue weighted by Crippen LogP contribution is -2.22. The summed E-state index contributed by atoms with van der Waals surface area (Å²) in [5, 5.41) is 0. The predicted molar refractivity (Wildman–Crippen MR) is 29.3 cm³/mol. The second-order valence-electron chi connectivity index (χ2n) is 2.11. The predicted octanol–water partition coefficient (Wildman–Crippen LogP) is 0.990. The zero-order chi connectivity index (χ0) is 9.90. The third-order valence-electron chi connectivity index (χ3n) is 1.06. The van der Waals surface area contributed by atoms with E-state index >= 15 is 0 Å². The van der Waals surface area contributed by atoms with Crippen molar-refractivity contribution < 1.29 is 37.2 Å². The molecule has 0 aliphatic carbocycles. The number of ether oxygens (including phenoxy) is 2. The Morgan fingerprint density at radius 2 is 2.23 bits per heavy atom. The van der Waals surface area contributed by atoms with Crippen molar-refractivity contribution in [1.29, 1.82) is 0 Å². The van der Waals surface area contributed by atoms with E-state index in [2.05, 4.69) is 19.2 Å². The van der Waals surface area contributed by atoms with Gasteiger partial charge in [0.15, 0.2) is 6.10 Å². The van der Waals surface area contributed by atoms with Crippen LogP contribution in [-0.4, -0.2) is 31.8 Å². The van der Waals surface area contributed by atoms with Gasteiger partial charge in [-0.2, -0.15) is 0 Å². The van der Waals surface area contributed by atoms with Crippen LogP contribution in [0.15, 0.2) is 0 Å². The van der Waals surface area contributed by atoms with Crippen molar-refractivity contribution in [2.24, 2.45) is 0 Å². The molecule has 1 atom stereocenters. The van der Waals surface area contributed by atoms with Crippen molar-refractivity contribution in [1.82, 2.24) is 0 Å². The van der Waals surface area contributed by atoms with Crippen molar-refractivity contribution in [2.75, 3.05) is 13.2 Å². The lowest BCUT2D eigenvalue weighted by Gasteiger charge is -2.08. The molecule has 5 nitrogen and oxygen atoms in total. The van der Waals surface area contributed by atoms with Gasteiger partial charge in [0.25, 0.3) is 0 Å². The van der Waals surface area contributed by atoms with Crippen LogP contribution < -0.4 is 0 Å². The van der Waals surface area contributed by atoms with Crippen LogP contribution in [-0.2, 0) is 19.2 Å². The van der Waals surface area contributed by atoms with E-state index in [-0.39, 0.29) is 6.61 Å². The summed E-state index contributed by atoms with van der Waals surface area (Å²) in [6, 6.07) is 0. The molecular formula is C5H5F3O5. The molecule has 0 amide bonds. The third kappa shape index (κ3) is 3.95. The van der Waals surface area contributed by atoms with Gasteiger partial charge in [-0.05, 0) is 0 Å². The van der Waals surface area contributed by atoms with Crippen LogP contribution in [0.5, 0.6) is 0 Å². The highest BCUT2D eigenvalue weighted by atomic mass is 19.4. The van der Waals surface area contributed by atoms with Gasteiger partial charge in [-0.1, -0.05) is 0 Å². The van der Waals surface area contributed by atoms with Gasteiger partial charge in [0.1, 0.15) is 13.2 Å². The fourth-order valence-electron chi connectivity index (χ4n) is 0.624. The van der Waals surface area contributed by atoms with E-state index in [4.69, 9.17) is 0 Å². The zero-order valence-electron chi connectivity index (χ0n) is 6.17. The van der Waals surface area contributed by atoms with Crippen LogP contribution in [0, 0.1) is 0 Å². The Morgan fingerprint density at radius 3 is 2.69 bits per heavy atom. The van der Waals surface area contributed by atoms with Gasteiger partial charge in [-0.3, -0.25) is 0 Å². The third-order valence-corrected chi connectivity index (χ3v) is 1.06. The smallest absolute Gasteiger partial charge is 0.430 e. The highest BCUT2D eigenvalue weighted by Gasteiger charge is 2.33. The maximum Gasteiger partial charge on any atom is 0.549 e. The molecule has 1 fully saturated rings. The minimum Gasteiger partial charge on any atom is -0.430 e. The average Bonchev–Trinajstić information content (AvgIpc) is 2.33. The summed E-state index contributed by atoms with van der Waals surface area (Å²) in [7, 11) is 0. The summed E-state index contributed by atoms with van der Waals surface area (Å²) in [5.41, 5.74) is 0. The molecule has 0 N–H and O–H groups in total. The van der Waals surface area contributed by atoms with Crippen molar-refractivity contribution in [2.45, 2.75) is 12.5 Å². The molecule has 1 saturated heterocycles. The molecule has 76 valence electrons. The van der Waals surface area contributed by atoms with Gasteiger partial charge in [0.05, 0.1) is 0 Å². The van der Waals surface area contributed by atoms with Gasteiger partial charge in [0.2, 0.25) is 0 Å². The number of hydrogen-bond donors (Lipinski definition) is 0. The SMILES string of the molecule is O=C1OCC(COOC(F)(F)F)O1. The molecule has 0 spiro atoms. The minimum atomic E-state index is -4.86. The normalized spacial score (nSPS) is 22.7. The Morgan fingerprint density at radius 1 is 1.54 bits per heavy atom. The number of carbonyl (C=O) groups is 1. The maximum atomic E-state index is 11.3. The van der Waals surface area contributed by atoms with Crippen LogP contribution in [0.2, 0.25) is 0 Å². The van der Waals surface area contributed by atoms with Gasteiger partial charge in [-0.15, -0.1) is 18.1 Å². The van der Waals surface area contributed by atoms with Crippen molar-refractivity contribution >= 4 is 6.16 Å². The van der Waals surface area contributed by atoms with Crippen LogP contribution in [0.3, 0.4) is 0 Å². The molecule has 1 aliphatic heterocycles. The zero-order valence-corrected chi connectivity index (χ0v) is 6.17. The monoisotopic (exact) mass is 202 g/mol. The van der Waals surface area contributed by atoms with Crippen molar-refractivity contribution in [3.05, 3.63) is 0 Å². The van der Waals surface area contributed by atoms with E-state index in [0.717, 1.165) is 0 Å². The first-order valence-corrected chi connectivity index (χ1v) is 3.18. The van der Waals surface area contributed by atoms with Crippen LogP contribution in [0.25, 0.3) is 0 Å². The molecule has 0 radical (unpaired) electrons. The van der Waals surface area contributed by atoms with Gasteiger partial charge >= 0.3 is 12.5 Å². The Labute approximate surface area is 70.2 Å². The van der Waals surface area contributed by atoms with Crippen molar-refractivity contribution in [3.8, 4) is 0 Å². The molecule has 0 aromatic rings. The molecule has 0 bridgehead atoms. The summed E-state index contributed by atoms with van der Waals surface area (Å²) < 4.78 is 42.6. The Kier molecular flexibility index (Phi) is 2.94. The van der Waals surface area contributed by atoms with Crippen LogP contribution in [0.4, 0.5) is 18.0 Å². The second kappa shape index (κ2) is 3.79. The number of hydrogen-bond acceptors (Lipinski definition) is 5.